The lowest BCUT2D eigenvalue weighted by Gasteiger charge is -2.30. The number of aryl methyl sites for hydroxylation is 2. The molecule has 2 aliphatic carbocycles. The molecule has 2 saturated carbocycles. The first-order valence-electron chi connectivity index (χ1n) is 7.37. The van der Waals surface area contributed by atoms with Crippen LogP contribution in [0, 0.1) is 11.3 Å². The second-order valence-electron chi connectivity index (χ2n) is 6.61. The van der Waals surface area contributed by atoms with Gasteiger partial charge in [-0.05, 0) is 55.4 Å². The van der Waals surface area contributed by atoms with Crippen molar-refractivity contribution in [3.05, 3.63) is 18.0 Å². The molecule has 1 unspecified atom stereocenters. The van der Waals surface area contributed by atoms with Gasteiger partial charge in [0, 0.05) is 25.8 Å². The molecule has 1 aromatic rings. The van der Waals surface area contributed by atoms with E-state index < -0.39 is 0 Å². The van der Waals surface area contributed by atoms with Crippen LogP contribution in [0.15, 0.2) is 12.4 Å². The lowest BCUT2D eigenvalue weighted by atomic mass is 9.79. The highest BCUT2D eigenvalue weighted by Crippen LogP contribution is 2.48. The molecule has 3 nitrogen and oxygen atoms in total. The molecule has 0 radical (unpaired) electrons. The van der Waals surface area contributed by atoms with Crippen molar-refractivity contribution < 1.29 is 0 Å². The smallest absolute Gasteiger partial charge is 0.0521 e. The first-order valence-corrected chi connectivity index (χ1v) is 7.37. The van der Waals surface area contributed by atoms with E-state index in [4.69, 9.17) is 0 Å². The molecule has 2 aliphatic rings. The lowest BCUT2D eigenvalue weighted by Crippen LogP contribution is -2.35. The Kier molecular flexibility index (Phi) is 3.18. The molecular weight excluding hydrogens is 222 g/mol. The van der Waals surface area contributed by atoms with Gasteiger partial charge in [0.2, 0.25) is 0 Å². The molecule has 0 aliphatic heterocycles. The number of hydrogen-bond acceptors (Lipinski definition) is 2. The van der Waals surface area contributed by atoms with Gasteiger partial charge in [-0.15, -0.1) is 0 Å². The lowest BCUT2D eigenvalue weighted by molar-refractivity contribution is 0.236. The zero-order valence-corrected chi connectivity index (χ0v) is 11.7. The van der Waals surface area contributed by atoms with Crippen LogP contribution in [0.3, 0.4) is 0 Å². The molecule has 0 saturated heterocycles. The molecule has 1 heterocycles. The molecule has 0 spiro atoms. The van der Waals surface area contributed by atoms with E-state index in [1.54, 1.807) is 0 Å². The van der Waals surface area contributed by atoms with Crippen LogP contribution in [0.1, 0.15) is 44.6 Å². The monoisotopic (exact) mass is 247 g/mol. The Morgan fingerprint density at radius 2 is 2.17 bits per heavy atom. The van der Waals surface area contributed by atoms with Gasteiger partial charge in [-0.2, -0.15) is 5.10 Å². The second-order valence-corrected chi connectivity index (χ2v) is 6.61. The molecule has 0 aromatic carbocycles. The summed E-state index contributed by atoms with van der Waals surface area (Å²) >= 11 is 0. The van der Waals surface area contributed by atoms with Crippen LogP contribution in [0.5, 0.6) is 0 Å². The summed E-state index contributed by atoms with van der Waals surface area (Å²) in [6, 6.07) is 0.835. The van der Waals surface area contributed by atoms with Crippen molar-refractivity contribution in [3.63, 3.8) is 0 Å². The van der Waals surface area contributed by atoms with Gasteiger partial charge < -0.3 is 5.32 Å². The first-order chi connectivity index (χ1) is 8.66. The zero-order chi connectivity index (χ0) is 12.6. The summed E-state index contributed by atoms with van der Waals surface area (Å²) < 4.78 is 1.91. The van der Waals surface area contributed by atoms with E-state index in [0.717, 1.165) is 12.0 Å². The fourth-order valence-electron chi connectivity index (χ4n) is 2.91. The van der Waals surface area contributed by atoms with Crippen molar-refractivity contribution in [3.8, 4) is 0 Å². The average Bonchev–Trinajstić information content (AvgIpc) is 3.24. The molecular formula is C15H25N3. The van der Waals surface area contributed by atoms with E-state index in [1.807, 2.05) is 17.9 Å². The highest BCUT2D eigenvalue weighted by Gasteiger charge is 2.41. The number of nitrogens with one attached hydrogen (secondary N) is 1. The Bertz CT molecular complexity index is 404. The van der Waals surface area contributed by atoms with Crippen LogP contribution < -0.4 is 5.32 Å². The van der Waals surface area contributed by atoms with E-state index in [1.165, 1.54) is 50.6 Å². The summed E-state index contributed by atoms with van der Waals surface area (Å²) in [4.78, 5) is 0. The third-order valence-corrected chi connectivity index (χ3v) is 4.68. The zero-order valence-electron chi connectivity index (χ0n) is 11.7. The molecule has 100 valence electrons. The molecule has 2 fully saturated rings. The topological polar surface area (TPSA) is 29.9 Å². The molecule has 1 atom stereocenters. The van der Waals surface area contributed by atoms with Crippen molar-refractivity contribution in [1.29, 1.82) is 0 Å². The molecule has 18 heavy (non-hydrogen) atoms. The van der Waals surface area contributed by atoms with Crippen LogP contribution in [0.4, 0.5) is 0 Å². The Morgan fingerprint density at radius 3 is 2.72 bits per heavy atom. The van der Waals surface area contributed by atoms with Gasteiger partial charge in [-0.1, -0.05) is 6.92 Å². The van der Waals surface area contributed by atoms with Gasteiger partial charge in [-0.3, -0.25) is 4.68 Å². The molecule has 0 amide bonds. The molecule has 1 aromatic heterocycles. The van der Waals surface area contributed by atoms with Crippen LogP contribution in [-0.4, -0.2) is 22.4 Å². The largest absolute Gasteiger partial charge is 0.313 e. The summed E-state index contributed by atoms with van der Waals surface area (Å²) in [5.41, 5.74) is 1.88. The Hall–Kier alpha value is -0.830. The maximum Gasteiger partial charge on any atom is 0.0521 e. The average molecular weight is 247 g/mol. The minimum Gasteiger partial charge on any atom is -0.313 e. The number of rotatable bonds is 7. The first kappa shape index (κ1) is 12.2. The predicted molar refractivity (Wildman–Crippen MR) is 73.4 cm³/mol. The normalized spacial score (nSPS) is 23.0. The van der Waals surface area contributed by atoms with Crippen molar-refractivity contribution in [1.82, 2.24) is 15.1 Å². The van der Waals surface area contributed by atoms with Crippen molar-refractivity contribution in [2.45, 2.75) is 51.5 Å². The second kappa shape index (κ2) is 4.69. The minimum absolute atomic E-state index is 0.498. The van der Waals surface area contributed by atoms with Gasteiger partial charge in [0.15, 0.2) is 0 Å². The van der Waals surface area contributed by atoms with Crippen molar-refractivity contribution in [2.24, 2.45) is 18.4 Å². The van der Waals surface area contributed by atoms with Crippen molar-refractivity contribution >= 4 is 0 Å². The van der Waals surface area contributed by atoms with E-state index in [-0.39, 0.29) is 0 Å². The molecule has 3 rings (SSSR count). The van der Waals surface area contributed by atoms with Crippen LogP contribution >= 0.6 is 0 Å². The maximum absolute atomic E-state index is 4.26. The summed E-state index contributed by atoms with van der Waals surface area (Å²) in [5.74, 6) is 0.959. The third-order valence-electron chi connectivity index (χ3n) is 4.68. The fourth-order valence-corrected chi connectivity index (χ4v) is 2.91. The number of hydrogen-bond donors (Lipinski definition) is 1. The summed E-state index contributed by atoms with van der Waals surface area (Å²) in [6.07, 6.45) is 12.3. The van der Waals surface area contributed by atoms with E-state index in [0.29, 0.717) is 5.41 Å². The Morgan fingerprint density at radius 1 is 1.39 bits per heavy atom. The number of nitrogens with zero attached hydrogens (tertiary/aromatic N) is 2. The molecule has 1 N–H and O–H groups in total. The van der Waals surface area contributed by atoms with Gasteiger partial charge >= 0.3 is 0 Å². The third kappa shape index (κ3) is 2.94. The molecule has 3 heteroatoms. The van der Waals surface area contributed by atoms with Crippen molar-refractivity contribution in [2.75, 3.05) is 6.54 Å². The quantitative estimate of drug-likeness (QED) is 0.802. The van der Waals surface area contributed by atoms with Gasteiger partial charge in [0.25, 0.3) is 0 Å². The SMILES string of the molecule is Cn1cc(CCC(C)(CNC2CC2)C2CC2)cn1. The Balaban J connectivity index is 1.55. The highest BCUT2D eigenvalue weighted by atomic mass is 15.2. The predicted octanol–water partition coefficient (Wildman–Crippen LogP) is 2.52. The molecule has 0 bridgehead atoms. The van der Waals surface area contributed by atoms with Gasteiger partial charge in [0.05, 0.1) is 6.20 Å². The van der Waals surface area contributed by atoms with E-state index in [2.05, 4.69) is 23.5 Å². The summed E-state index contributed by atoms with van der Waals surface area (Å²) in [5, 5.41) is 8.00. The fraction of sp³-hybridized carbons (Fsp3) is 0.800. The number of aromatic nitrogens is 2. The maximum atomic E-state index is 4.26. The van der Waals surface area contributed by atoms with Crippen LogP contribution in [0.25, 0.3) is 0 Å². The summed E-state index contributed by atoms with van der Waals surface area (Å²) in [6.45, 7) is 3.69. The Labute approximate surface area is 110 Å². The van der Waals surface area contributed by atoms with E-state index in [9.17, 15) is 0 Å². The van der Waals surface area contributed by atoms with E-state index >= 15 is 0 Å². The van der Waals surface area contributed by atoms with Gasteiger partial charge in [0.1, 0.15) is 0 Å². The highest BCUT2D eigenvalue weighted by molar-refractivity contribution is 5.06. The van der Waals surface area contributed by atoms with Crippen LogP contribution in [-0.2, 0) is 13.5 Å². The van der Waals surface area contributed by atoms with Gasteiger partial charge in [-0.25, -0.2) is 0 Å². The minimum atomic E-state index is 0.498. The standard InChI is InChI=1S/C15H25N3/c1-15(13-3-4-13,11-16-14-5-6-14)8-7-12-9-17-18(2)10-12/h9-10,13-14,16H,3-8,11H2,1-2H3. The van der Waals surface area contributed by atoms with Crippen LogP contribution in [0.2, 0.25) is 0 Å². The summed E-state index contributed by atoms with van der Waals surface area (Å²) in [7, 11) is 2.00.